The fourth-order valence-electron chi connectivity index (χ4n) is 1.94. The molecule has 20 heavy (non-hydrogen) atoms. The number of hydrogen-bond acceptors (Lipinski definition) is 3. The van der Waals surface area contributed by atoms with Crippen molar-refractivity contribution in [1.82, 2.24) is 0 Å². The fourth-order valence-corrected chi connectivity index (χ4v) is 2.91. The van der Waals surface area contributed by atoms with Crippen LogP contribution in [0.1, 0.15) is 16.7 Å². The molecule has 0 unspecified atom stereocenters. The summed E-state index contributed by atoms with van der Waals surface area (Å²) in [7, 11) is 0. The standard InChI is InChI=1S/C17H21NOS/c1-12-4-6-15(7-5-12)20-17-9-8-16(19-11-10-18)13(2)14(17)3/h4-9H,10-11,18H2,1-3H3. The summed E-state index contributed by atoms with van der Waals surface area (Å²) < 4.78 is 5.65. The number of hydrogen-bond donors (Lipinski definition) is 1. The molecule has 2 nitrogen and oxygen atoms in total. The largest absolute Gasteiger partial charge is 0.492 e. The lowest BCUT2D eigenvalue weighted by Crippen LogP contribution is -2.11. The van der Waals surface area contributed by atoms with Gasteiger partial charge in [-0.2, -0.15) is 0 Å². The van der Waals surface area contributed by atoms with Gasteiger partial charge in [-0.05, 0) is 56.2 Å². The average Bonchev–Trinajstić information content (AvgIpc) is 2.45. The summed E-state index contributed by atoms with van der Waals surface area (Å²) in [5.74, 6) is 0.932. The fraction of sp³-hybridized carbons (Fsp3) is 0.294. The molecule has 0 heterocycles. The van der Waals surface area contributed by atoms with Gasteiger partial charge in [0.2, 0.25) is 0 Å². The number of benzene rings is 2. The summed E-state index contributed by atoms with van der Waals surface area (Å²) in [6, 6.07) is 12.8. The molecular weight excluding hydrogens is 266 g/mol. The molecule has 106 valence electrons. The molecule has 0 aromatic heterocycles. The van der Waals surface area contributed by atoms with Crippen LogP contribution in [0.25, 0.3) is 0 Å². The van der Waals surface area contributed by atoms with E-state index in [-0.39, 0.29) is 0 Å². The molecule has 3 heteroatoms. The quantitative estimate of drug-likeness (QED) is 0.899. The van der Waals surface area contributed by atoms with E-state index in [1.807, 2.05) is 6.07 Å². The first kappa shape index (κ1) is 14.9. The highest BCUT2D eigenvalue weighted by atomic mass is 32.2. The second-order valence-corrected chi connectivity index (χ2v) is 5.98. The van der Waals surface area contributed by atoms with Crippen LogP contribution >= 0.6 is 11.8 Å². The maximum Gasteiger partial charge on any atom is 0.122 e. The molecule has 0 spiro atoms. The third-order valence-electron chi connectivity index (χ3n) is 3.31. The molecule has 2 N–H and O–H groups in total. The number of ether oxygens (including phenoxy) is 1. The van der Waals surface area contributed by atoms with Crippen LogP contribution in [0.3, 0.4) is 0 Å². The van der Waals surface area contributed by atoms with E-state index in [9.17, 15) is 0 Å². The van der Waals surface area contributed by atoms with E-state index in [4.69, 9.17) is 10.5 Å². The second-order valence-electron chi connectivity index (χ2n) is 4.86. The van der Waals surface area contributed by atoms with E-state index in [1.165, 1.54) is 26.5 Å². The van der Waals surface area contributed by atoms with Gasteiger partial charge in [0.05, 0.1) is 0 Å². The van der Waals surface area contributed by atoms with Crippen molar-refractivity contribution in [2.24, 2.45) is 5.73 Å². The monoisotopic (exact) mass is 287 g/mol. The molecular formula is C17H21NOS. The molecule has 0 saturated carbocycles. The zero-order valence-electron chi connectivity index (χ0n) is 12.3. The molecule has 2 rings (SSSR count). The Morgan fingerprint density at radius 3 is 2.30 bits per heavy atom. The van der Waals surface area contributed by atoms with E-state index >= 15 is 0 Å². The van der Waals surface area contributed by atoms with Crippen LogP contribution in [0.4, 0.5) is 0 Å². The minimum absolute atomic E-state index is 0.540. The summed E-state index contributed by atoms with van der Waals surface area (Å²) in [6.07, 6.45) is 0. The third kappa shape index (κ3) is 3.56. The van der Waals surface area contributed by atoms with E-state index in [2.05, 4.69) is 51.1 Å². The molecule has 0 fully saturated rings. The Balaban J connectivity index is 2.20. The number of rotatable bonds is 5. The van der Waals surface area contributed by atoms with Crippen molar-refractivity contribution >= 4 is 11.8 Å². The highest BCUT2D eigenvalue weighted by molar-refractivity contribution is 7.99. The summed E-state index contributed by atoms with van der Waals surface area (Å²) in [6.45, 7) is 7.44. The maximum absolute atomic E-state index is 5.65. The third-order valence-corrected chi connectivity index (χ3v) is 4.48. The Morgan fingerprint density at radius 2 is 1.65 bits per heavy atom. The lowest BCUT2D eigenvalue weighted by Gasteiger charge is -2.14. The predicted octanol–water partition coefficient (Wildman–Crippen LogP) is 4.10. The second kappa shape index (κ2) is 6.82. The van der Waals surface area contributed by atoms with Gasteiger partial charge in [0.25, 0.3) is 0 Å². The SMILES string of the molecule is Cc1ccc(Sc2ccc(OCCN)c(C)c2C)cc1. The van der Waals surface area contributed by atoms with Gasteiger partial charge in [0, 0.05) is 16.3 Å². The summed E-state index contributed by atoms with van der Waals surface area (Å²) in [5, 5.41) is 0. The van der Waals surface area contributed by atoms with Gasteiger partial charge in [-0.25, -0.2) is 0 Å². The predicted molar refractivity (Wildman–Crippen MR) is 85.8 cm³/mol. The summed E-state index contributed by atoms with van der Waals surface area (Å²) in [5.41, 5.74) is 9.22. The van der Waals surface area contributed by atoms with Gasteiger partial charge < -0.3 is 10.5 Å². The van der Waals surface area contributed by atoms with Gasteiger partial charge in [-0.3, -0.25) is 0 Å². The molecule has 2 aromatic rings. The Labute approximate surface area is 125 Å². The van der Waals surface area contributed by atoms with E-state index < -0.39 is 0 Å². The molecule has 0 aliphatic rings. The van der Waals surface area contributed by atoms with Crippen LogP contribution in [0.2, 0.25) is 0 Å². The first-order valence-corrected chi connectivity index (χ1v) is 7.61. The van der Waals surface area contributed by atoms with E-state index in [1.54, 1.807) is 11.8 Å². The minimum Gasteiger partial charge on any atom is -0.492 e. The van der Waals surface area contributed by atoms with Crippen LogP contribution in [0.15, 0.2) is 46.2 Å². The Hall–Kier alpha value is -1.45. The first-order valence-electron chi connectivity index (χ1n) is 6.79. The molecule has 0 amide bonds. The van der Waals surface area contributed by atoms with Crippen LogP contribution in [-0.2, 0) is 0 Å². The topological polar surface area (TPSA) is 35.2 Å². The van der Waals surface area contributed by atoms with Crippen LogP contribution in [0.5, 0.6) is 5.75 Å². The molecule has 0 radical (unpaired) electrons. The van der Waals surface area contributed by atoms with Crippen molar-refractivity contribution in [3.63, 3.8) is 0 Å². The van der Waals surface area contributed by atoms with Crippen LogP contribution < -0.4 is 10.5 Å². The minimum atomic E-state index is 0.540. The average molecular weight is 287 g/mol. The smallest absolute Gasteiger partial charge is 0.122 e. The zero-order valence-corrected chi connectivity index (χ0v) is 13.1. The maximum atomic E-state index is 5.65. The summed E-state index contributed by atoms with van der Waals surface area (Å²) in [4.78, 5) is 2.53. The lowest BCUT2D eigenvalue weighted by molar-refractivity contribution is 0.325. The van der Waals surface area contributed by atoms with Gasteiger partial charge in [0.1, 0.15) is 12.4 Å². The van der Waals surface area contributed by atoms with Crippen LogP contribution in [0, 0.1) is 20.8 Å². The molecule has 0 saturated heterocycles. The highest BCUT2D eigenvalue weighted by Gasteiger charge is 2.08. The van der Waals surface area contributed by atoms with Gasteiger partial charge in [-0.1, -0.05) is 29.5 Å². The Morgan fingerprint density at radius 1 is 0.950 bits per heavy atom. The van der Waals surface area contributed by atoms with Crippen LogP contribution in [-0.4, -0.2) is 13.2 Å². The molecule has 2 aromatic carbocycles. The van der Waals surface area contributed by atoms with Crippen molar-refractivity contribution in [1.29, 1.82) is 0 Å². The normalized spacial score (nSPS) is 10.6. The Kier molecular flexibility index (Phi) is 5.10. The molecule has 0 aliphatic carbocycles. The molecule has 0 atom stereocenters. The van der Waals surface area contributed by atoms with E-state index in [0.29, 0.717) is 13.2 Å². The van der Waals surface area contributed by atoms with Gasteiger partial charge >= 0.3 is 0 Å². The van der Waals surface area contributed by atoms with Crippen molar-refractivity contribution < 1.29 is 4.74 Å². The van der Waals surface area contributed by atoms with Crippen molar-refractivity contribution in [2.45, 2.75) is 30.6 Å². The highest BCUT2D eigenvalue weighted by Crippen LogP contribution is 2.34. The van der Waals surface area contributed by atoms with Crippen molar-refractivity contribution in [2.75, 3.05) is 13.2 Å². The lowest BCUT2D eigenvalue weighted by atomic mass is 10.1. The number of nitrogens with two attached hydrogens (primary N) is 1. The number of aryl methyl sites for hydroxylation is 1. The van der Waals surface area contributed by atoms with Crippen molar-refractivity contribution in [3.05, 3.63) is 53.1 Å². The first-order chi connectivity index (χ1) is 9.61. The van der Waals surface area contributed by atoms with E-state index in [0.717, 1.165) is 5.75 Å². The zero-order chi connectivity index (χ0) is 14.5. The Bertz CT molecular complexity index is 578. The van der Waals surface area contributed by atoms with Gasteiger partial charge in [0.15, 0.2) is 0 Å². The summed E-state index contributed by atoms with van der Waals surface area (Å²) >= 11 is 1.79. The van der Waals surface area contributed by atoms with Gasteiger partial charge in [-0.15, -0.1) is 0 Å². The van der Waals surface area contributed by atoms with Crippen molar-refractivity contribution in [3.8, 4) is 5.75 Å². The molecule has 0 aliphatic heterocycles. The molecule has 0 bridgehead atoms.